The van der Waals surface area contributed by atoms with Gasteiger partial charge in [-0.1, -0.05) is 0 Å². The largest absolute Gasteiger partial charge is 0.478 e. The van der Waals surface area contributed by atoms with Gasteiger partial charge < -0.3 is 16.2 Å². The van der Waals surface area contributed by atoms with E-state index in [-0.39, 0.29) is 11.1 Å². The van der Waals surface area contributed by atoms with Crippen molar-refractivity contribution in [1.29, 1.82) is 0 Å². The SMILES string of the molecule is CC1=C(C(=O)O)C=C(N)C(C)(C)N1. The number of allylic oxidation sites excluding steroid dienone is 1. The number of dihydropyridines is 1. The third-order valence-corrected chi connectivity index (χ3v) is 2.16. The third kappa shape index (κ3) is 1.66. The van der Waals surface area contributed by atoms with Crippen LogP contribution in [0.5, 0.6) is 0 Å². The molecule has 0 radical (unpaired) electrons. The third-order valence-electron chi connectivity index (χ3n) is 2.16. The summed E-state index contributed by atoms with van der Waals surface area (Å²) < 4.78 is 0. The Bertz CT molecular complexity index is 314. The number of hydrogen-bond donors (Lipinski definition) is 3. The minimum Gasteiger partial charge on any atom is -0.478 e. The molecule has 1 rings (SSSR count). The highest BCUT2D eigenvalue weighted by Gasteiger charge is 2.27. The van der Waals surface area contributed by atoms with Crippen LogP contribution in [0, 0.1) is 0 Å². The molecule has 0 unspecified atom stereocenters. The molecule has 1 aliphatic rings. The predicted molar refractivity (Wildman–Crippen MR) is 49.8 cm³/mol. The first-order chi connectivity index (χ1) is 5.84. The standard InChI is InChI=1S/C9H14N2O2/c1-5-6(8(12)13)4-7(10)9(2,3)11-5/h4,11H,10H2,1-3H3,(H,12,13). The fourth-order valence-electron chi connectivity index (χ4n) is 1.27. The van der Waals surface area contributed by atoms with E-state index >= 15 is 0 Å². The molecule has 0 aliphatic carbocycles. The molecule has 0 atom stereocenters. The summed E-state index contributed by atoms with van der Waals surface area (Å²) in [5.74, 6) is -0.955. The lowest BCUT2D eigenvalue weighted by Crippen LogP contribution is -2.46. The van der Waals surface area contributed by atoms with E-state index in [0.717, 1.165) is 0 Å². The summed E-state index contributed by atoms with van der Waals surface area (Å²) in [6, 6.07) is 0. The lowest BCUT2D eigenvalue weighted by atomic mass is 9.94. The molecule has 0 aromatic rings. The van der Waals surface area contributed by atoms with E-state index < -0.39 is 5.97 Å². The number of nitrogens with one attached hydrogen (secondary N) is 1. The first-order valence-electron chi connectivity index (χ1n) is 4.04. The second-order valence-electron chi connectivity index (χ2n) is 3.69. The summed E-state index contributed by atoms with van der Waals surface area (Å²) >= 11 is 0. The van der Waals surface area contributed by atoms with Crippen LogP contribution in [0.15, 0.2) is 23.0 Å². The topological polar surface area (TPSA) is 75.3 Å². The van der Waals surface area contributed by atoms with E-state index in [1.165, 1.54) is 6.08 Å². The first-order valence-corrected chi connectivity index (χ1v) is 4.04. The summed E-state index contributed by atoms with van der Waals surface area (Å²) in [5.41, 5.74) is 6.76. The van der Waals surface area contributed by atoms with Gasteiger partial charge in [0.05, 0.1) is 11.1 Å². The number of hydrogen-bond acceptors (Lipinski definition) is 3. The van der Waals surface area contributed by atoms with Crippen LogP contribution in [0.2, 0.25) is 0 Å². The maximum Gasteiger partial charge on any atom is 0.337 e. The van der Waals surface area contributed by atoms with Crippen molar-refractivity contribution in [1.82, 2.24) is 5.32 Å². The number of carbonyl (C=O) groups is 1. The van der Waals surface area contributed by atoms with Crippen LogP contribution >= 0.6 is 0 Å². The first kappa shape index (κ1) is 9.64. The van der Waals surface area contributed by atoms with Crippen LogP contribution in [0.3, 0.4) is 0 Å². The van der Waals surface area contributed by atoms with Crippen molar-refractivity contribution in [2.45, 2.75) is 26.3 Å². The summed E-state index contributed by atoms with van der Waals surface area (Å²) in [5, 5.41) is 11.8. The second kappa shape index (κ2) is 2.80. The molecule has 4 nitrogen and oxygen atoms in total. The van der Waals surface area contributed by atoms with E-state index in [0.29, 0.717) is 11.4 Å². The zero-order chi connectivity index (χ0) is 10.2. The molecular formula is C9H14N2O2. The fraction of sp³-hybridized carbons (Fsp3) is 0.444. The molecule has 1 heterocycles. The zero-order valence-electron chi connectivity index (χ0n) is 8.01. The summed E-state index contributed by atoms with van der Waals surface area (Å²) in [6.45, 7) is 5.54. The van der Waals surface area contributed by atoms with Crippen LogP contribution in [-0.4, -0.2) is 16.6 Å². The number of carboxylic acids is 1. The van der Waals surface area contributed by atoms with Crippen LogP contribution in [0.4, 0.5) is 0 Å². The summed E-state index contributed by atoms with van der Waals surface area (Å²) in [4.78, 5) is 10.7. The minimum atomic E-state index is -0.955. The molecule has 0 fully saturated rings. The zero-order valence-corrected chi connectivity index (χ0v) is 8.01. The average molecular weight is 182 g/mol. The highest BCUT2D eigenvalue weighted by molar-refractivity contribution is 5.91. The van der Waals surface area contributed by atoms with Gasteiger partial charge in [0.25, 0.3) is 0 Å². The Morgan fingerprint density at radius 2 is 2.15 bits per heavy atom. The molecule has 0 saturated carbocycles. The van der Waals surface area contributed by atoms with Crippen LogP contribution in [0.25, 0.3) is 0 Å². The normalized spacial score (nSPS) is 20.7. The molecule has 0 aromatic heterocycles. The van der Waals surface area contributed by atoms with Gasteiger partial charge in [0.2, 0.25) is 0 Å². The summed E-state index contributed by atoms with van der Waals surface area (Å²) in [6.07, 6.45) is 1.51. The Morgan fingerprint density at radius 3 is 2.62 bits per heavy atom. The van der Waals surface area contributed by atoms with Crippen molar-refractivity contribution in [3.05, 3.63) is 23.0 Å². The Kier molecular flexibility index (Phi) is 2.07. The maximum absolute atomic E-state index is 10.7. The Labute approximate surface area is 77.1 Å². The molecule has 0 aromatic carbocycles. The van der Waals surface area contributed by atoms with Crippen LogP contribution in [-0.2, 0) is 4.79 Å². The lowest BCUT2D eigenvalue weighted by molar-refractivity contribution is -0.132. The van der Waals surface area contributed by atoms with Crippen molar-refractivity contribution in [3.63, 3.8) is 0 Å². The molecule has 4 heteroatoms. The number of carboxylic acid groups (broad SMARTS) is 1. The lowest BCUT2D eigenvalue weighted by Gasteiger charge is -2.32. The molecule has 13 heavy (non-hydrogen) atoms. The predicted octanol–water partition coefficient (Wildman–Crippen LogP) is 0.569. The minimum absolute atomic E-state index is 0.233. The van der Waals surface area contributed by atoms with E-state index in [4.69, 9.17) is 10.8 Å². The van der Waals surface area contributed by atoms with Crippen molar-refractivity contribution in [2.24, 2.45) is 5.73 Å². The van der Waals surface area contributed by atoms with Gasteiger partial charge in [0.1, 0.15) is 0 Å². The van der Waals surface area contributed by atoms with E-state index in [1.807, 2.05) is 13.8 Å². The average Bonchev–Trinajstić information content (AvgIpc) is 1.95. The van der Waals surface area contributed by atoms with Gasteiger partial charge in [-0.2, -0.15) is 0 Å². The molecule has 0 amide bonds. The van der Waals surface area contributed by atoms with Gasteiger partial charge in [-0.05, 0) is 26.8 Å². The van der Waals surface area contributed by atoms with Gasteiger partial charge in [-0.15, -0.1) is 0 Å². The van der Waals surface area contributed by atoms with Gasteiger partial charge >= 0.3 is 5.97 Å². The van der Waals surface area contributed by atoms with Crippen molar-refractivity contribution in [2.75, 3.05) is 0 Å². The highest BCUT2D eigenvalue weighted by Crippen LogP contribution is 2.21. The van der Waals surface area contributed by atoms with E-state index in [2.05, 4.69) is 5.32 Å². The molecule has 0 bridgehead atoms. The molecule has 72 valence electrons. The van der Waals surface area contributed by atoms with Gasteiger partial charge in [-0.3, -0.25) is 0 Å². The second-order valence-corrected chi connectivity index (χ2v) is 3.69. The number of aliphatic carboxylic acids is 1. The Morgan fingerprint density at radius 1 is 1.62 bits per heavy atom. The van der Waals surface area contributed by atoms with Crippen LogP contribution < -0.4 is 11.1 Å². The Balaban J connectivity index is 3.11. The molecule has 0 spiro atoms. The van der Waals surface area contributed by atoms with Crippen molar-refractivity contribution in [3.8, 4) is 0 Å². The highest BCUT2D eigenvalue weighted by atomic mass is 16.4. The quantitative estimate of drug-likeness (QED) is 0.554. The smallest absolute Gasteiger partial charge is 0.337 e. The molecule has 0 saturated heterocycles. The number of nitrogens with two attached hydrogens (primary N) is 1. The Hall–Kier alpha value is -1.45. The van der Waals surface area contributed by atoms with E-state index in [9.17, 15) is 4.79 Å². The van der Waals surface area contributed by atoms with Gasteiger partial charge in [0, 0.05) is 11.4 Å². The fourth-order valence-corrected chi connectivity index (χ4v) is 1.27. The molecule has 4 N–H and O–H groups in total. The van der Waals surface area contributed by atoms with Gasteiger partial charge in [0.15, 0.2) is 0 Å². The monoisotopic (exact) mass is 182 g/mol. The maximum atomic E-state index is 10.7. The van der Waals surface area contributed by atoms with Gasteiger partial charge in [-0.25, -0.2) is 4.79 Å². The van der Waals surface area contributed by atoms with Crippen LogP contribution in [0.1, 0.15) is 20.8 Å². The van der Waals surface area contributed by atoms with Crippen molar-refractivity contribution >= 4 is 5.97 Å². The van der Waals surface area contributed by atoms with Crippen molar-refractivity contribution < 1.29 is 9.90 Å². The van der Waals surface area contributed by atoms with E-state index in [1.54, 1.807) is 6.92 Å². The summed E-state index contributed by atoms with van der Waals surface area (Å²) in [7, 11) is 0. The molecule has 1 aliphatic heterocycles. The molecular weight excluding hydrogens is 168 g/mol. The number of rotatable bonds is 1.